The molecule has 0 radical (unpaired) electrons. The Hall–Kier alpha value is -2.41. The van der Waals surface area contributed by atoms with Crippen molar-refractivity contribution >= 4 is 29.0 Å². The molecule has 1 saturated heterocycles. The molecule has 0 saturated carbocycles. The summed E-state index contributed by atoms with van der Waals surface area (Å²) in [5, 5.41) is 3.32. The number of rotatable bonds is 2. The van der Waals surface area contributed by atoms with E-state index in [1.165, 1.54) is 6.07 Å². The fraction of sp³-hybridized carbons (Fsp3) is 0.235. The average Bonchev–Trinajstić information content (AvgIpc) is 2.62. The Labute approximate surface area is 147 Å². The van der Waals surface area contributed by atoms with Gasteiger partial charge in [0.25, 0.3) is 0 Å². The minimum absolute atomic E-state index is 0.00309. The van der Waals surface area contributed by atoms with Gasteiger partial charge in [-0.1, -0.05) is 11.6 Å². The van der Waals surface area contributed by atoms with Gasteiger partial charge < -0.3 is 15.1 Å². The van der Waals surface area contributed by atoms with E-state index in [-0.39, 0.29) is 11.7 Å². The average molecular weight is 370 g/mol. The van der Waals surface area contributed by atoms with Gasteiger partial charge in [-0.05, 0) is 36.4 Å². The molecular weight excluding hydrogens is 355 g/mol. The number of anilines is 2. The van der Waals surface area contributed by atoms with Gasteiger partial charge in [0.2, 0.25) is 0 Å². The smallest absolute Gasteiger partial charge is 0.321 e. The predicted octanol–water partition coefficient (Wildman–Crippen LogP) is 4.11. The number of piperazine rings is 1. The highest BCUT2D eigenvalue weighted by Gasteiger charge is 2.24. The van der Waals surface area contributed by atoms with E-state index in [1.54, 1.807) is 34.1 Å². The van der Waals surface area contributed by atoms with Crippen molar-refractivity contribution < 1.29 is 18.0 Å². The van der Waals surface area contributed by atoms with Crippen LogP contribution in [0.3, 0.4) is 0 Å². The zero-order valence-corrected chi connectivity index (χ0v) is 13.9. The lowest BCUT2D eigenvalue weighted by Crippen LogP contribution is -2.50. The number of benzene rings is 2. The quantitative estimate of drug-likeness (QED) is 0.809. The second kappa shape index (κ2) is 7.23. The molecule has 25 heavy (non-hydrogen) atoms. The van der Waals surface area contributed by atoms with Gasteiger partial charge in [0.15, 0.2) is 17.5 Å². The first-order valence-electron chi connectivity index (χ1n) is 7.65. The lowest BCUT2D eigenvalue weighted by Gasteiger charge is -2.36. The van der Waals surface area contributed by atoms with E-state index in [9.17, 15) is 18.0 Å². The molecule has 0 aliphatic carbocycles. The van der Waals surface area contributed by atoms with Crippen molar-refractivity contribution in [2.24, 2.45) is 0 Å². The first-order chi connectivity index (χ1) is 12.0. The Morgan fingerprint density at radius 1 is 0.920 bits per heavy atom. The SMILES string of the molecule is O=C(Nc1ccc(Cl)cc1)N1CCN(c2ccc(F)c(F)c2F)CC1. The molecule has 8 heteroatoms. The Balaban J connectivity index is 1.61. The second-order valence-corrected chi connectivity index (χ2v) is 6.04. The number of amides is 2. The molecule has 1 aliphatic rings. The Bertz CT molecular complexity index is 777. The van der Waals surface area contributed by atoms with Gasteiger partial charge in [0.1, 0.15) is 0 Å². The van der Waals surface area contributed by atoms with E-state index < -0.39 is 17.5 Å². The maximum absolute atomic E-state index is 13.9. The first kappa shape index (κ1) is 17.4. The van der Waals surface area contributed by atoms with Crippen LogP contribution in [0.25, 0.3) is 0 Å². The van der Waals surface area contributed by atoms with E-state index in [1.807, 2.05) is 0 Å². The summed E-state index contributed by atoms with van der Waals surface area (Å²) < 4.78 is 40.2. The molecule has 3 rings (SSSR count). The molecule has 132 valence electrons. The van der Waals surface area contributed by atoms with Crippen molar-refractivity contribution in [1.82, 2.24) is 4.90 Å². The predicted molar refractivity (Wildman–Crippen MR) is 90.6 cm³/mol. The van der Waals surface area contributed by atoms with E-state index in [0.717, 1.165) is 6.07 Å². The van der Waals surface area contributed by atoms with Crippen molar-refractivity contribution in [1.29, 1.82) is 0 Å². The van der Waals surface area contributed by atoms with Crippen LogP contribution in [0.1, 0.15) is 0 Å². The molecule has 1 N–H and O–H groups in total. The lowest BCUT2D eigenvalue weighted by molar-refractivity contribution is 0.208. The summed E-state index contributed by atoms with van der Waals surface area (Å²) in [5.41, 5.74) is 0.611. The Morgan fingerprint density at radius 3 is 2.20 bits per heavy atom. The fourth-order valence-corrected chi connectivity index (χ4v) is 2.77. The van der Waals surface area contributed by atoms with Crippen molar-refractivity contribution in [3.8, 4) is 0 Å². The number of nitrogens with zero attached hydrogens (tertiary/aromatic N) is 2. The standard InChI is InChI=1S/C17H15ClF3N3O/c18-11-1-3-12(4-2-11)22-17(25)24-9-7-23(8-10-24)14-6-5-13(19)15(20)16(14)21/h1-6H,7-10H2,(H,22,25). The molecule has 1 heterocycles. The monoisotopic (exact) mass is 369 g/mol. The fourth-order valence-electron chi connectivity index (χ4n) is 2.65. The number of urea groups is 1. The van der Waals surface area contributed by atoms with E-state index in [2.05, 4.69) is 5.32 Å². The summed E-state index contributed by atoms with van der Waals surface area (Å²) in [4.78, 5) is 15.4. The Morgan fingerprint density at radius 2 is 1.56 bits per heavy atom. The van der Waals surface area contributed by atoms with E-state index >= 15 is 0 Å². The van der Waals surface area contributed by atoms with Crippen molar-refractivity contribution in [3.05, 3.63) is 58.9 Å². The van der Waals surface area contributed by atoms with Crippen molar-refractivity contribution in [2.45, 2.75) is 0 Å². The summed E-state index contributed by atoms with van der Waals surface area (Å²) in [6.45, 7) is 1.29. The summed E-state index contributed by atoms with van der Waals surface area (Å²) in [6.07, 6.45) is 0. The van der Waals surface area contributed by atoms with Gasteiger partial charge in [-0.3, -0.25) is 0 Å². The number of halogens is 4. The molecule has 2 aromatic rings. The first-order valence-corrected chi connectivity index (χ1v) is 8.03. The summed E-state index contributed by atoms with van der Waals surface area (Å²) in [7, 11) is 0. The van der Waals surface area contributed by atoms with Crippen LogP contribution in [0, 0.1) is 17.5 Å². The third-order valence-corrected chi connectivity index (χ3v) is 4.27. The van der Waals surface area contributed by atoms with Crippen LogP contribution in [-0.4, -0.2) is 37.1 Å². The molecule has 0 atom stereocenters. The molecule has 1 fully saturated rings. The van der Waals surface area contributed by atoms with Crippen LogP contribution in [0.4, 0.5) is 29.3 Å². The molecule has 2 aromatic carbocycles. The third-order valence-electron chi connectivity index (χ3n) is 4.02. The summed E-state index contributed by atoms with van der Waals surface area (Å²) in [5.74, 6) is -3.92. The molecule has 1 aliphatic heterocycles. The lowest BCUT2D eigenvalue weighted by atomic mass is 10.2. The highest BCUT2D eigenvalue weighted by atomic mass is 35.5. The number of carbonyl (C=O) groups is 1. The minimum Gasteiger partial charge on any atom is -0.366 e. The highest BCUT2D eigenvalue weighted by Crippen LogP contribution is 2.24. The van der Waals surface area contributed by atoms with Gasteiger partial charge in [-0.2, -0.15) is 0 Å². The molecule has 0 bridgehead atoms. The van der Waals surface area contributed by atoms with Crippen LogP contribution in [-0.2, 0) is 0 Å². The van der Waals surface area contributed by atoms with Gasteiger partial charge in [0, 0.05) is 36.9 Å². The maximum atomic E-state index is 13.9. The van der Waals surface area contributed by atoms with E-state index in [0.29, 0.717) is 36.9 Å². The number of nitrogens with one attached hydrogen (secondary N) is 1. The normalized spacial score (nSPS) is 14.6. The zero-order valence-electron chi connectivity index (χ0n) is 13.1. The van der Waals surface area contributed by atoms with Crippen LogP contribution < -0.4 is 10.2 Å². The van der Waals surface area contributed by atoms with E-state index in [4.69, 9.17) is 11.6 Å². The van der Waals surface area contributed by atoms with Crippen molar-refractivity contribution in [3.63, 3.8) is 0 Å². The highest BCUT2D eigenvalue weighted by molar-refractivity contribution is 6.30. The van der Waals surface area contributed by atoms with Crippen LogP contribution in [0.2, 0.25) is 5.02 Å². The number of hydrogen-bond acceptors (Lipinski definition) is 2. The van der Waals surface area contributed by atoms with Gasteiger partial charge in [-0.25, -0.2) is 18.0 Å². The van der Waals surface area contributed by atoms with Gasteiger partial charge >= 0.3 is 6.03 Å². The topological polar surface area (TPSA) is 35.6 Å². The maximum Gasteiger partial charge on any atom is 0.321 e. The molecule has 4 nitrogen and oxygen atoms in total. The summed E-state index contributed by atoms with van der Waals surface area (Å²) in [6, 6.07) is 8.53. The summed E-state index contributed by atoms with van der Waals surface area (Å²) >= 11 is 5.80. The molecule has 0 aromatic heterocycles. The largest absolute Gasteiger partial charge is 0.366 e. The van der Waals surface area contributed by atoms with Crippen LogP contribution in [0.5, 0.6) is 0 Å². The molecule has 2 amide bonds. The zero-order chi connectivity index (χ0) is 18.0. The van der Waals surface area contributed by atoms with Crippen molar-refractivity contribution in [2.75, 3.05) is 36.4 Å². The van der Waals surface area contributed by atoms with Gasteiger partial charge in [-0.15, -0.1) is 0 Å². The molecule has 0 unspecified atom stereocenters. The third kappa shape index (κ3) is 3.82. The molecular formula is C17H15ClF3N3O. The van der Waals surface area contributed by atoms with Crippen LogP contribution in [0.15, 0.2) is 36.4 Å². The number of carbonyl (C=O) groups excluding carboxylic acids is 1. The minimum atomic E-state index is -1.49. The van der Waals surface area contributed by atoms with Crippen LogP contribution >= 0.6 is 11.6 Å². The second-order valence-electron chi connectivity index (χ2n) is 5.61. The Kier molecular flexibility index (Phi) is 5.03. The molecule has 0 spiro atoms. The number of hydrogen-bond donors (Lipinski definition) is 1. The van der Waals surface area contributed by atoms with Gasteiger partial charge in [0.05, 0.1) is 5.69 Å².